The molecule has 3 aliphatic rings. The van der Waals surface area contributed by atoms with Gasteiger partial charge in [-0.15, -0.1) is 26.3 Å². The second-order valence-corrected chi connectivity index (χ2v) is 26.4. The molecule has 3 saturated heterocycles. The molecular weight excluding hydrogens is 1430 g/mol. The minimum atomic E-state index is -5.12. The van der Waals surface area contributed by atoms with Crippen LogP contribution in [0, 0.1) is 25.5 Å². The molecule has 2 N–H and O–H groups in total. The highest BCUT2D eigenvalue weighted by Gasteiger charge is 2.52. The number of halogens is 11. The summed E-state index contributed by atoms with van der Waals surface area (Å²) in [5, 5.41) is 14.6. The zero-order valence-electron chi connectivity index (χ0n) is 55.5. The van der Waals surface area contributed by atoms with Crippen molar-refractivity contribution in [2.45, 2.75) is 130 Å². The standard InChI is InChI=1S/C31H27F5N6O3.C30H33BF5N3O5.C7H6BrN3.H2S/c1-17-10-28-37-13-20(14-42(28)39-17)19-6-7-25-22(11-19)23(18(2)43)16-41(25)9-8-40-15-21(32)12-26(40)30(44)38-24-4-3-5-27(29(24)33)45-31(34,35)36;1-17(40)21-16-39(23-10-9-18(13-20(21)23)31-43-28(2,3)29(4,5)44-31)12-11-38-15-19(32)14-24(38)27(41)37-22-7-6-8-25(26(22)33)42-30(34,35)36;1-5-2-7-9-3-6(8)4-11(7)10-5;/h3-7,10-11,13-14,16,21,26H,8-9,12,15H2,1-2H3,(H,38,44);6-10,13,16,19,24H,11-12,14-15H2,1-5H3,(H,37,41);2-4H,1H3;1H2/t21-,26+;19-,24+;;/m11../s1. The Bertz CT molecular complexity index is 4760. The van der Waals surface area contributed by atoms with Crippen LogP contribution in [0.15, 0.2) is 127 Å². The summed E-state index contributed by atoms with van der Waals surface area (Å²) >= 11 is 3.32. The third-order valence-corrected chi connectivity index (χ3v) is 18.1. The first-order valence-corrected chi connectivity index (χ1v) is 32.3. The van der Waals surface area contributed by atoms with Gasteiger partial charge in [0.2, 0.25) is 11.8 Å². The molecule has 9 heterocycles. The number of aryl methyl sites for hydroxylation is 2. The number of alkyl halides is 8. The largest absolute Gasteiger partial charge is 0.573 e. The first kappa shape index (κ1) is 74.8. The van der Waals surface area contributed by atoms with Crippen molar-refractivity contribution >= 4 is 110 Å². The molecule has 3 fully saturated rings. The van der Waals surface area contributed by atoms with Gasteiger partial charge in [-0.1, -0.05) is 30.3 Å². The molecule has 4 atom stereocenters. The maximum absolute atomic E-state index is 14.6. The number of carbonyl (C=O) groups is 4. The summed E-state index contributed by atoms with van der Waals surface area (Å²) in [6.45, 7) is 15.4. The van der Waals surface area contributed by atoms with E-state index in [0.29, 0.717) is 40.6 Å². The van der Waals surface area contributed by atoms with Crippen molar-refractivity contribution in [1.82, 2.24) is 48.1 Å². The van der Waals surface area contributed by atoms with E-state index in [-0.39, 0.29) is 64.1 Å². The highest BCUT2D eigenvalue weighted by atomic mass is 79.9. The Labute approximate surface area is 587 Å². The van der Waals surface area contributed by atoms with Crippen LogP contribution >= 0.6 is 29.4 Å². The third-order valence-electron chi connectivity index (χ3n) is 17.7. The van der Waals surface area contributed by atoms with E-state index in [9.17, 15) is 63.1 Å². The molecular formula is C68H68BBrF10N12O8S. The Hall–Kier alpha value is -8.89. The third kappa shape index (κ3) is 17.0. The predicted molar refractivity (Wildman–Crippen MR) is 365 cm³/mol. The molecule has 13 rings (SSSR count). The molecule has 0 radical (unpaired) electrons. The maximum Gasteiger partial charge on any atom is 0.573 e. The molecule has 101 heavy (non-hydrogen) atoms. The van der Waals surface area contributed by atoms with Gasteiger partial charge in [0.1, 0.15) is 12.3 Å². The van der Waals surface area contributed by atoms with Crippen LogP contribution in [0.1, 0.15) is 86.5 Å². The van der Waals surface area contributed by atoms with Crippen LogP contribution in [0.4, 0.5) is 55.3 Å². The van der Waals surface area contributed by atoms with Gasteiger partial charge in [0.15, 0.2) is 46.0 Å². The highest BCUT2D eigenvalue weighted by molar-refractivity contribution is 9.10. The smallest absolute Gasteiger partial charge is 0.403 e. The molecule has 0 unspecified atom stereocenters. The molecule has 10 aromatic rings. The molecule has 33 heteroatoms. The van der Waals surface area contributed by atoms with Gasteiger partial charge in [0.25, 0.3) is 0 Å². The van der Waals surface area contributed by atoms with Crippen LogP contribution in [-0.2, 0) is 32.0 Å². The Morgan fingerprint density at radius 1 is 0.604 bits per heavy atom. The predicted octanol–water partition coefficient (Wildman–Crippen LogP) is 13.1. The van der Waals surface area contributed by atoms with Gasteiger partial charge in [-0.3, -0.25) is 29.0 Å². The van der Waals surface area contributed by atoms with Crippen molar-refractivity contribution in [3.63, 3.8) is 0 Å². The van der Waals surface area contributed by atoms with Crippen LogP contribution in [0.2, 0.25) is 0 Å². The number of hydrogen-bond acceptors (Lipinski definition) is 14. The zero-order valence-corrected chi connectivity index (χ0v) is 58.1. The van der Waals surface area contributed by atoms with Gasteiger partial charge in [-0.2, -0.15) is 23.7 Å². The summed E-state index contributed by atoms with van der Waals surface area (Å²) in [5.41, 5.74) is 6.17. The lowest BCUT2D eigenvalue weighted by molar-refractivity contribution is -0.276. The number of likely N-dealkylation sites (tertiary alicyclic amines) is 2. The van der Waals surface area contributed by atoms with E-state index >= 15 is 0 Å². The van der Waals surface area contributed by atoms with E-state index in [1.807, 2.05) is 112 Å². The summed E-state index contributed by atoms with van der Waals surface area (Å²) in [4.78, 5) is 63.1. The highest BCUT2D eigenvalue weighted by Crippen LogP contribution is 2.38. The molecule has 0 aliphatic carbocycles. The lowest BCUT2D eigenvalue weighted by atomic mass is 9.78. The molecule has 0 bridgehead atoms. The van der Waals surface area contributed by atoms with Crippen LogP contribution in [0.3, 0.4) is 0 Å². The number of hydrogen-bond donors (Lipinski definition) is 2. The van der Waals surface area contributed by atoms with E-state index in [2.05, 4.69) is 56.2 Å². The average molecular weight is 1490 g/mol. The molecule has 20 nitrogen and oxygen atoms in total. The molecule has 3 aliphatic heterocycles. The minimum Gasteiger partial charge on any atom is -0.403 e. The number of amides is 2. The Morgan fingerprint density at radius 2 is 1.05 bits per heavy atom. The first-order valence-electron chi connectivity index (χ1n) is 31.5. The number of benzene rings is 4. The summed E-state index contributed by atoms with van der Waals surface area (Å²) < 4.78 is 162. The number of nitrogens with one attached hydrogen (secondary N) is 2. The minimum absolute atomic E-state index is 0. The molecule has 6 aromatic heterocycles. The second-order valence-electron chi connectivity index (χ2n) is 25.5. The fraction of sp³-hybridized carbons (Fsp3) is 0.353. The molecule has 2 amide bonds. The number of ether oxygens (including phenoxy) is 2. The summed E-state index contributed by atoms with van der Waals surface area (Å²) in [7, 11) is -0.622. The molecule has 534 valence electrons. The van der Waals surface area contributed by atoms with E-state index in [1.165, 1.54) is 13.8 Å². The van der Waals surface area contributed by atoms with Gasteiger partial charge in [0.05, 0.1) is 50.5 Å². The number of aromatic nitrogens is 8. The number of anilines is 2. The normalized spacial score (nSPS) is 18.3. The van der Waals surface area contributed by atoms with Crippen LogP contribution in [0.5, 0.6) is 11.5 Å². The number of ketones is 2. The van der Waals surface area contributed by atoms with Crippen molar-refractivity contribution in [3.8, 4) is 22.6 Å². The van der Waals surface area contributed by atoms with E-state index < -0.39 is 102 Å². The first-order chi connectivity index (χ1) is 47.1. The monoisotopic (exact) mass is 1490 g/mol. The van der Waals surface area contributed by atoms with E-state index in [4.69, 9.17) is 9.31 Å². The lowest BCUT2D eigenvalue weighted by Gasteiger charge is -2.32. The number of fused-ring (bicyclic) bond motifs is 4. The van der Waals surface area contributed by atoms with Gasteiger partial charge in [-0.05, 0) is 125 Å². The number of rotatable bonds is 16. The summed E-state index contributed by atoms with van der Waals surface area (Å²) in [5.74, 6) is -6.79. The van der Waals surface area contributed by atoms with Gasteiger partial charge in [-0.25, -0.2) is 36.6 Å². The van der Waals surface area contributed by atoms with Gasteiger partial charge in [0, 0.05) is 140 Å². The fourth-order valence-electron chi connectivity index (χ4n) is 12.2. The summed E-state index contributed by atoms with van der Waals surface area (Å²) in [6.07, 6.45) is -2.60. The molecule has 0 spiro atoms. The quantitative estimate of drug-likeness (QED) is 0.0525. The van der Waals surface area contributed by atoms with Crippen molar-refractivity contribution in [2.75, 3.05) is 36.8 Å². The van der Waals surface area contributed by atoms with Crippen molar-refractivity contribution in [2.24, 2.45) is 0 Å². The Kier molecular flexibility index (Phi) is 21.9. The SMILES string of the molecule is CC(=O)c1cn(CCN2C[C@H](F)C[C@H]2C(=O)Nc2cccc(OC(F)(F)F)c2F)c2ccc(-c3cnc4cc(C)nn4c3)cc12.CC(=O)c1cn(CCN2C[C@H](F)C[C@H]2C(=O)Nc2cccc(OC(F)(F)F)c2F)c2ccc(B3OC(C)(C)C(C)(C)O3)cc12.Cc1cc2ncc(Br)cn2n1.S. The van der Waals surface area contributed by atoms with Crippen LogP contribution in [-0.4, -0.2) is 153 Å². The van der Waals surface area contributed by atoms with Gasteiger partial charge < -0.3 is 38.6 Å². The fourth-order valence-corrected chi connectivity index (χ4v) is 12.5. The number of nitrogens with zero attached hydrogens (tertiary/aromatic N) is 10. The lowest BCUT2D eigenvalue weighted by Crippen LogP contribution is -2.41. The topological polar surface area (TPSA) is 206 Å². The maximum atomic E-state index is 14.6. The van der Waals surface area contributed by atoms with E-state index in [1.54, 1.807) is 43.6 Å². The van der Waals surface area contributed by atoms with Crippen molar-refractivity contribution in [3.05, 3.63) is 161 Å². The van der Waals surface area contributed by atoms with Crippen LogP contribution < -0.4 is 25.6 Å². The van der Waals surface area contributed by atoms with Crippen molar-refractivity contribution in [1.29, 1.82) is 0 Å². The average Bonchev–Trinajstić information content (AvgIpc) is 1.62. The number of Topliss-reactive ketones (excluding diaryl/α,β-unsaturated/α-hetero) is 2. The van der Waals surface area contributed by atoms with Crippen LogP contribution in [0.25, 0.3) is 44.2 Å². The van der Waals surface area contributed by atoms with E-state index in [0.717, 1.165) is 85.5 Å². The molecule has 4 aromatic carbocycles. The zero-order chi connectivity index (χ0) is 72.1. The Morgan fingerprint density at radius 3 is 1.51 bits per heavy atom. The van der Waals surface area contributed by atoms with Gasteiger partial charge >= 0.3 is 19.8 Å². The Balaban J connectivity index is 0.000000187. The van der Waals surface area contributed by atoms with Crippen molar-refractivity contribution < 1.29 is 81.9 Å². The second kappa shape index (κ2) is 29.6. The summed E-state index contributed by atoms with van der Waals surface area (Å²) in [6, 6.07) is 19.0. The number of carbonyl (C=O) groups excluding carboxylic acids is 4. The molecule has 0 saturated carbocycles.